The highest BCUT2D eigenvalue weighted by Crippen LogP contribution is 2.34. The minimum absolute atomic E-state index is 0.142. The predicted octanol–water partition coefficient (Wildman–Crippen LogP) is 5.04. The van der Waals surface area contributed by atoms with Gasteiger partial charge in [-0.1, -0.05) is 32.4 Å². The van der Waals surface area contributed by atoms with E-state index in [9.17, 15) is 9.59 Å². The van der Waals surface area contributed by atoms with Crippen molar-refractivity contribution < 1.29 is 19.1 Å². The summed E-state index contributed by atoms with van der Waals surface area (Å²) in [6, 6.07) is 9.42. The molecule has 0 aliphatic heterocycles. The van der Waals surface area contributed by atoms with E-state index >= 15 is 0 Å². The number of hydrogen-bond acceptors (Lipinski definition) is 5. The Morgan fingerprint density at radius 3 is 2.45 bits per heavy atom. The molecule has 2 aromatic rings. The number of rotatable bonds is 11. The third-order valence-electron chi connectivity index (χ3n) is 4.51. The summed E-state index contributed by atoms with van der Waals surface area (Å²) < 4.78 is 12.4. The highest BCUT2D eigenvalue weighted by molar-refractivity contribution is 14.1. The van der Waals surface area contributed by atoms with Crippen LogP contribution in [0.1, 0.15) is 50.0 Å². The lowest BCUT2D eigenvalue weighted by Gasteiger charge is -2.20. The van der Waals surface area contributed by atoms with Crippen LogP contribution in [0.5, 0.6) is 11.5 Å². The average molecular weight is 586 g/mol. The number of nitrogens with one attached hydrogen (secondary N) is 2. The summed E-state index contributed by atoms with van der Waals surface area (Å²) in [6.45, 7) is 8.74. The number of nitrogens with zero attached hydrogens (tertiary/aromatic N) is 1. The molecule has 2 rings (SSSR count). The second-order valence-electron chi connectivity index (χ2n) is 7.55. The monoisotopic (exact) mass is 585 g/mol. The standard InChI is InChI=1S/C24H29ClIN3O4/c1-5-11-33-22-19(26)12-16(13-20(22)32-6-2)14-27-29-24(31)21(15(3)4)28-23(30)17-7-9-18(25)10-8-17/h7-10,12-15,21H,5-6,11H2,1-4H3,(H,28,30)(H,29,31). The van der Waals surface area contributed by atoms with Gasteiger partial charge in [0.2, 0.25) is 0 Å². The molecule has 0 aliphatic carbocycles. The van der Waals surface area contributed by atoms with Gasteiger partial charge < -0.3 is 14.8 Å². The topological polar surface area (TPSA) is 89.0 Å². The van der Waals surface area contributed by atoms with Crippen molar-refractivity contribution in [3.63, 3.8) is 0 Å². The molecule has 2 aromatic carbocycles. The van der Waals surface area contributed by atoms with E-state index in [-0.39, 0.29) is 11.8 Å². The summed E-state index contributed by atoms with van der Waals surface area (Å²) in [7, 11) is 0. The SMILES string of the molecule is CCCOc1c(I)cc(C=NNC(=O)C(NC(=O)c2ccc(Cl)cc2)C(C)C)cc1OCC. The third kappa shape index (κ3) is 8.19. The van der Waals surface area contributed by atoms with E-state index < -0.39 is 11.9 Å². The first-order chi connectivity index (χ1) is 15.8. The lowest BCUT2D eigenvalue weighted by molar-refractivity contribution is -0.123. The molecule has 33 heavy (non-hydrogen) atoms. The van der Waals surface area contributed by atoms with Crippen LogP contribution in [0.3, 0.4) is 0 Å². The summed E-state index contributed by atoms with van der Waals surface area (Å²) in [5, 5.41) is 7.37. The lowest BCUT2D eigenvalue weighted by atomic mass is 10.0. The quantitative estimate of drug-likeness (QED) is 0.220. The van der Waals surface area contributed by atoms with E-state index in [0.29, 0.717) is 35.3 Å². The molecule has 0 saturated carbocycles. The molecule has 2 amide bonds. The molecule has 0 fully saturated rings. The highest BCUT2D eigenvalue weighted by atomic mass is 127. The van der Waals surface area contributed by atoms with E-state index in [2.05, 4.69) is 38.4 Å². The van der Waals surface area contributed by atoms with Crippen LogP contribution in [0.2, 0.25) is 5.02 Å². The van der Waals surface area contributed by atoms with Gasteiger partial charge in [-0.3, -0.25) is 9.59 Å². The van der Waals surface area contributed by atoms with Crippen LogP contribution in [-0.2, 0) is 4.79 Å². The minimum atomic E-state index is -0.755. The Morgan fingerprint density at radius 2 is 1.85 bits per heavy atom. The zero-order chi connectivity index (χ0) is 24.4. The number of halogens is 2. The lowest BCUT2D eigenvalue weighted by Crippen LogP contribution is -2.48. The number of hydrazone groups is 1. The van der Waals surface area contributed by atoms with Crippen LogP contribution in [0.25, 0.3) is 0 Å². The van der Waals surface area contributed by atoms with Crippen molar-refractivity contribution in [1.82, 2.24) is 10.7 Å². The van der Waals surface area contributed by atoms with E-state index in [0.717, 1.165) is 15.6 Å². The van der Waals surface area contributed by atoms with E-state index in [1.165, 1.54) is 6.21 Å². The molecule has 1 unspecified atom stereocenters. The first kappa shape index (κ1) is 26.9. The molecular weight excluding hydrogens is 557 g/mol. The Hall–Kier alpha value is -2.33. The molecule has 178 valence electrons. The number of carbonyl (C=O) groups is 2. The Kier molecular flexibility index (Phi) is 10.9. The molecule has 0 heterocycles. The average Bonchev–Trinajstić information content (AvgIpc) is 2.77. The van der Waals surface area contributed by atoms with Crippen molar-refractivity contribution in [1.29, 1.82) is 0 Å². The minimum Gasteiger partial charge on any atom is -0.490 e. The number of benzene rings is 2. The van der Waals surface area contributed by atoms with Gasteiger partial charge in [0.15, 0.2) is 11.5 Å². The van der Waals surface area contributed by atoms with Gasteiger partial charge in [-0.25, -0.2) is 5.43 Å². The van der Waals surface area contributed by atoms with Gasteiger partial charge in [0.1, 0.15) is 6.04 Å². The molecule has 0 bridgehead atoms. The summed E-state index contributed by atoms with van der Waals surface area (Å²) in [6.07, 6.45) is 2.42. The first-order valence-corrected chi connectivity index (χ1v) is 12.2. The molecule has 9 heteroatoms. The van der Waals surface area contributed by atoms with Crippen LogP contribution >= 0.6 is 34.2 Å². The first-order valence-electron chi connectivity index (χ1n) is 10.7. The van der Waals surface area contributed by atoms with E-state index in [1.54, 1.807) is 24.3 Å². The Labute approximate surface area is 213 Å². The van der Waals surface area contributed by atoms with Crippen LogP contribution in [0, 0.1) is 9.49 Å². The van der Waals surface area contributed by atoms with Crippen molar-refractivity contribution in [2.45, 2.75) is 40.2 Å². The third-order valence-corrected chi connectivity index (χ3v) is 5.57. The largest absolute Gasteiger partial charge is 0.490 e. The van der Waals surface area contributed by atoms with Crippen LogP contribution in [-0.4, -0.2) is 37.3 Å². The maximum Gasteiger partial charge on any atom is 0.262 e. The maximum atomic E-state index is 12.7. The molecule has 2 N–H and O–H groups in total. The second-order valence-corrected chi connectivity index (χ2v) is 9.15. The normalized spacial score (nSPS) is 12.0. The predicted molar refractivity (Wildman–Crippen MR) is 139 cm³/mol. The Bertz CT molecular complexity index is 980. The zero-order valence-corrected chi connectivity index (χ0v) is 22.1. The fourth-order valence-corrected chi connectivity index (χ4v) is 3.78. The highest BCUT2D eigenvalue weighted by Gasteiger charge is 2.24. The van der Waals surface area contributed by atoms with Gasteiger partial charge >= 0.3 is 0 Å². The molecule has 7 nitrogen and oxygen atoms in total. The number of ether oxygens (including phenoxy) is 2. The van der Waals surface area contributed by atoms with Gasteiger partial charge in [0, 0.05) is 10.6 Å². The Morgan fingerprint density at radius 1 is 1.15 bits per heavy atom. The fourth-order valence-electron chi connectivity index (χ4n) is 2.87. The second kappa shape index (κ2) is 13.4. The molecule has 1 atom stereocenters. The Balaban J connectivity index is 2.09. The van der Waals surface area contributed by atoms with Crippen molar-refractivity contribution in [3.8, 4) is 11.5 Å². The number of carbonyl (C=O) groups excluding carboxylic acids is 2. The van der Waals surface area contributed by atoms with Crippen molar-refractivity contribution >= 4 is 52.2 Å². The summed E-state index contributed by atoms with van der Waals surface area (Å²) >= 11 is 8.06. The van der Waals surface area contributed by atoms with Gasteiger partial charge in [0.25, 0.3) is 11.8 Å². The smallest absolute Gasteiger partial charge is 0.262 e. The van der Waals surface area contributed by atoms with E-state index in [1.807, 2.05) is 39.8 Å². The van der Waals surface area contributed by atoms with Crippen LogP contribution in [0.4, 0.5) is 0 Å². The van der Waals surface area contributed by atoms with Gasteiger partial charge in [-0.2, -0.15) is 5.10 Å². The number of amides is 2. The van der Waals surface area contributed by atoms with Crippen molar-refractivity contribution in [2.24, 2.45) is 11.0 Å². The van der Waals surface area contributed by atoms with Crippen molar-refractivity contribution in [3.05, 3.63) is 56.1 Å². The van der Waals surface area contributed by atoms with Gasteiger partial charge in [-0.05, 0) is 83.8 Å². The van der Waals surface area contributed by atoms with E-state index in [4.69, 9.17) is 21.1 Å². The molecule has 0 aromatic heterocycles. The fraction of sp³-hybridized carbons (Fsp3) is 0.375. The van der Waals surface area contributed by atoms with Crippen molar-refractivity contribution in [2.75, 3.05) is 13.2 Å². The molecule has 0 spiro atoms. The zero-order valence-electron chi connectivity index (χ0n) is 19.2. The summed E-state index contributed by atoms with van der Waals surface area (Å²) in [5.74, 6) is 0.414. The number of hydrogen-bond donors (Lipinski definition) is 2. The molecule has 0 radical (unpaired) electrons. The van der Waals surface area contributed by atoms with Crippen LogP contribution < -0.4 is 20.2 Å². The molecule has 0 saturated heterocycles. The van der Waals surface area contributed by atoms with Gasteiger partial charge in [-0.15, -0.1) is 0 Å². The summed E-state index contributed by atoms with van der Waals surface area (Å²) in [5.41, 5.74) is 3.69. The van der Waals surface area contributed by atoms with Gasteiger partial charge in [0.05, 0.1) is 23.0 Å². The molecule has 0 aliphatic rings. The maximum absolute atomic E-state index is 12.7. The molecular formula is C24H29ClIN3O4. The summed E-state index contributed by atoms with van der Waals surface area (Å²) in [4.78, 5) is 25.2. The van der Waals surface area contributed by atoms with Crippen LogP contribution in [0.15, 0.2) is 41.5 Å².